The predicted octanol–water partition coefficient (Wildman–Crippen LogP) is 3.04. The molecule has 0 bridgehead atoms. The lowest BCUT2D eigenvalue weighted by atomic mass is 10.1. The highest BCUT2D eigenvalue weighted by molar-refractivity contribution is 5.98. The molecule has 0 aromatic heterocycles. The largest absolute Gasteiger partial charge is 0.502 e. The molecule has 0 aliphatic carbocycles. The normalized spacial score (nSPS) is 11.1. The fourth-order valence-corrected chi connectivity index (χ4v) is 1.92. The van der Waals surface area contributed by atoms with Crippen molar-refractivity contribution in [3.8, 4) is 5.75 Å². The summed E-state index contributed by atoms with van der Waals surface area (Å²) < 4.78 is 18.4. The number of carboxylic acids is 1. The van der Waals surface area contributed by atoms with Gasteiger partial charge >= 0.3 is 5.97 Å². The van der Waals surface area contributed by atoms with Crippen LogP contribution >= 0.6 is 0 Å². The third-order valence-corrected chi connectivity index (χ3v) is 3.14. The molecule has 0 spiro atoms. The first-order valence-corrected chi connectivity index (χ1v) is 7.07. The molecule has 0 aliphatic rings. The van der Waals surface area contributed by atoms with Crippen LogP contribution in [0, 0.1) is 5.82 Å². The summed E-state index contributed by atoms with van der Waals surface area (Å²) in [4.78, 5) is 22.0. The Morgan fingerprint density at radius 1 is 0.958 bits per heavy atom. The Hall–Kier alpha value is -3.15. The van der Waals surface area contributed by atoms with E-state index in [0.29, 0.717) is 17.4 Å². The molecule has 0 atom stereocenters. The minimum atomic E-state index is -1.55. The lowest BCUT2D eigenvalue weighted by Gasteiger charge is -2.07. The van der Waals surface area contributed by atoms with Gasteiger partial charge in [0.1, 0.15) is 18.2 Å². The third-order valence-electron chi connectivity index (χ3n) is 3.14. The number of benzene rings is 2. The first kappa shape index (κ1) is 17.2. The zero-order valence-electron chi connectivity index (χ0n) is 12.6. The maximum Gasteiger partial charge on any atom is 0.371 e. The van der Waals surface area contributed by atoms with Crippen molar-refractivity contribution in [1.82, 2.24) is 0 Å². The van der Waals surface area contributed by atoms with E-state index < -0.39 is 17.5 Å². The third kappa shape index (κ3) is 5.24. The van der Waals surface area contributed by atoms with E-state index in [2.05, 4.69) is 0 Å². The number of carbonyl (C=O) groups is 2. The van der Waals surface area contributed by atoms with Crippen LogP contribution in [-0.4, -0.2) is 22.0 Å². The number of allylic oxidation sites excluding steroid dienone is 1. The summed E-state index contributed by atoms with van der Waals surface area (Å²) in [5, 5.41) is 17.5. The maximum atomic E-state index is 12.8. The average Bonchev–Trinajstić information content (AvgIpc) is 2.55. The molecule has 0 aliphatic heterocycles. The molecule has 0 heterocycles. The topological polar surface area (TPSA) is 83.8 Å². The summed E-state index contributed by atoms with van der Waals surface area (Å²) in [7, 11) is 0. The van der Waals surface area contributed by atoms with Gasteiger partial charge < -0.3 is 14.9 Å². The number of hydrogen-bond donors (Lipinski definition) is 2. The molecule has 0 saturated carbocycles. The van der Waals surface area contributed by atoms with E-state index >= 15 is 0 Å². The first-order chi connectivity index (χ1) is 11.4. The molecule has 0 saturated heterocycles. The Kier molecular flexibility index (Phi) is 5.68. The zero-order valence-corrected chi connectivity index (χ0v) is 12.6. The summed E-state index contributed by atoms with van der Waals surface area (Å²) >= 11 is 0. The molecule has 2 aromatic carbocycles. The number of ketones is 1. The van der Waals surface area contributed by atoms with E-state index in [9.17, 15) is 14.0 Å². The Bertz CT molecular complexity index is 748. The van der Waals surface area contributed by atoms with Crippen LogP contribution in [0.15, 0.2) is 60.4 Å². The number of aliphatic carboxylic acids is 1. The number of aliphatic hydroxyl groups excluding tert-OH is 1. The molecule has 2 aromatic rings. The van der Waals surface area contributed by atoms with Gasteiger partial charge in [0.05, 0.1) is 0 Å². The average molecular weight is 330 g/mol. The summed E-state index contributed by atoms with van der Waals surface area (Å²) in [6.07, 6.45) is 0.650. The van der Waals surface area contributed by atoms with E-state index in [1.54, 1.807) is 36.4 Å². The standard InChI is InChI=1S/C18H15FO5/c19-14-5-1-13(2-6-14)11-24-16-7-3-12(4-8-16)9-15(20)10-17(21)18(22)23/h1-8,10,21H,9,11H2,(H,22,23). The van der Waals surface area contributed by atoms with Crippen LogP contribution < -0.4 is 4.74 Å². The molecule has 0 radical (unpaired) electrons. The highest BCUT2D eigenvalue weighted by Gasteiger charge is 2.08. The molecule has 0 unspecified atom stereocenters. The predicted molar refractivity (Wildman–Crippen MR) is 84.2 cm³/mol. The Morgan fingerprint density at radius 2 is 1.54 bits per heavy atom. The van der Waals surface area contributed by atoms with Crippen molar-refractivity contribution >= 4 is 11.8 Å². The van der Waals surface area contributed by atoms with E-state index in [1.807, 2.05) is 0 Å². The molecular weight excluding hydrogens is 315 g/mol. The van der Waals surface area contributed by atoms with Gasteiger partial charge in [-0.15, -0.1) is 0 Å². The van der Waals surface area contributed by atoms with Gasteiger partial charge in [-0.3, -0.25) is 4.79 Å². The maximum absolute atomic E-state index is 12.8. The van der Waals surface area contributed by atoms with Gasteiger partial charge in [0, 0.05) is 12.5 Å². The Balaban J connectivity index is 1.90. The summed E-state index contributed by atoms with van der Waals surface area (Å²) in [5.74, 6) is -2.78. The number of carboxylic acid groups (broad SMARTS) is 1. The number of halogens is 1. The SMILES string of the molecule is O=C(C=C(O)C(=O)O)Cc1ccc(OCc2ccc(F)cc2)cc1. The van der Waals surface area contributed by atoms with Gasteiger partial charge in [-0.1, -0.05) is 24.3 Å². The molecule has 0 amide bonds. The fourth-order valence-electron chi connectivity index (χ4n) is 1.92. The second-order valence-electron chi connectivity index (χ2n) is 5.04. The summed E-state index contributed by atoms with van der Waals surface area (Å²) in [5.41, 5.74) is 1.48. The Morgan fingerprint density at radius 3 is 2.12 bits per heavy atom. The number of carbonyl (C=O) groups excluding carboxylic acids is 1. The second kappa shape index (κ2) is 7.92. The van der Waals surface area contributed by atoms with Gasteiger partial charge in [-0.25, -0.2) is 9.18 Å². The van der Waals surface area contributed by atoms with E-state index in [-0.39, 0.29) is 18.8 Å². The van der Waals surface area contributed by atoms with Crippen LogP contribution in [0.25, 0.3) is 0 Å². The summed E-state index contributed by atoms with van der Waals surface area (Å²) in [6, 6.07) is 12.7. The smallest absolute Gasteiger partial charge is 0.371 e. The minimum absolute atomic E-state index is 0.0322. The van der Waals surface area contributed by atoms with E-state index in [4.69, 9.17) is 14.9 Å². The first-order valence-electron chi connectivity index (χ1n) is 7.07. The van der Waals surface area contributed by atoms with Crippen molar-refractivity contribution in [2.24, 2.45) is 0 Å². The minimum Gasteiger partial charge on any atom is -0.502 e. The van der Waals surface area contributed by atoms with Crippen molar-refractivity contribution in [3.05, 3.63) is 77.3 Å². The molecule has 6 heteroatoms. The van der Waals surface area contributed by atoms with Crippen molar-refractivity contribution < 1.29 is 28.9 Å². The lowest BCUT2D eigenvalue weighted by Crippen LogP contribution is -2.05. The molecule has 0 fully saturated rings. The zero-order chi connectivity index (χ0) is 17.5. The second-order valence-corrected chi connectivity index (χ2v) is 5.04. The van der Waals surface area contributed by atoms with Crippen molar-refractivity contribution in [2.75, 3.05) is 0 Å². The quantitative estimate of drug-likeness (QED) is 0.602. The lowest BCUT2D eigenvalue weighted by molar-refractivity contribution is -0.135. The van der Waals surface area contributed by atoms with Crippen LogP contribution in [0.1, 0.15) is 11.1 Å². The molecular formula is C18H15FO5. The molecule has 2 rings (SSSR count). The van der Waals surface area contributed by atoms with Gasteiger partial charge in [0.2, 0.25) is 5.76 Å². The molecule has 2 N–H and O–H groups in total. The number of aliphatic hydroxyl groups is 1. The monoisotopic (exact) mass is 330 g/mol. The number of ether oxygens (including phenoxy) is 1. The van der Waals surface area contributed by atoms with Crippen LogP contribution in [0.5, 0.6) is 5.75 Å². The van der Waals surface area contributed by atoms with Crippen LogP contribution in [0.3, 0.4) is 0 Å². The highest BCUT2D eigenvalue weighted by atomic mass is 19.1. The number of rotatable bonds is 7. The summed E-state index contributed by atoms with van der Waals surface area (Å²) in [6.45, 7) is 0.285. The molecule has 124 valence electrons. The van der Waals surface area contributed by atoms with Gasteiger partial charge in [-0.05, 0) is 35.4 Å². The molecule has 5 nitrogen and oxygen atoms in total. The van der Waals surface area contributed by atoms with Crippen molar-refractivity contribution in [3.63, 3.8) is 0 Å². The highest BCUT2D eigenvalue weighted by Crippen LogP contribution is 2.15. The number of hydrogen-bond acceptors (Lipinski definition) is 4. The van der Waals surface area contributed by atoms with Crippen molar-refractivity contribution in [1.29, 1.82) is 0 Å². The fraction of sp³-hybridized carbons (Fsp3) is 0.111. The van der Waals surface area contributed by atoms with Crippen LogP contribution in [0.2, 0.25) is 0 Å². The van der Waals surface area contributed by atoms with E-state index in [1.165, 1.54) is 12.1 Å². The van der Waals surface area contributed by atoms with Gasteiger partial charge in [-0.2, -0.15) is 0 Å². The van der Waals surface area contributed by atoms with Crippen LogP contribution in [-0.2, 0) is 22.6 Å². The molecule has 24 heavy (non-hydrogen) atoms. The Labute approximate surface area is 137 Å². The van der Waals surface area contributed by atoms with E-state index in [0.717, 1.165) is 5.56 Å². The van der Waals surface area contributed by atoms with Crippen LogP contribution in [0.4, 0.5) is 4.39 Å². The van der Waals surface area contributed by atoms with Gasteiger partial charge in [0.15, 0.2) is 5.78 Å². The van der Waals surface area contributed by atoms with Crippen molar-refractivity contribution in [2.45, 2.75) is 13.0 Å². The van der Waals surface area contributed by atoms with Gasteiger partial charge in [0.25, 0.3) is 0 Å².